The van der Waals surface area contributed by atoms with Gasteiger partial charge in [-0.1, -0.05) is 26.2 Å². The van der Waals surface area contributed by atoms with Gasteiger partial charge in [-0.05, 0) is 45.1 Å². The highest BCUT2D eigenvalue weighted by atomic mass is 16.2. The van der Waals surface area contributed by atoms with Crippen LogP contribution in [-0.2, 0) is 4.79 Å². The Hall–Kier alpha value is -0.570. The molecule has 2 rings (SSSR count). The molecule has 0 aromatic rings. The van der Waals surface area contributed by atoms with Gasteiger partial charge in [0.05, 0.1) is 5.54 Å². The molecule has 1 aliphatic carbocycles. The average Bonchev–Trinajstić information content (AvgIpc) is 2.65. The molecule has 1 aliphatic heterocycles. The number of hydrogen-bond acceptors (Lipinski definition) is 2. The third-order valence-electron chi connectivity index (χ3n) is 4.55. The minimum Gasteiger partial charge on any atom is -0.352 e. The molecule has 0 aromatic heterocycles. The molecule has 1 saturated carbocycles. The Labute approximate surface area is 105 Å². The van der Waals surface area contributed by atoms with Crippen molar-refractivity contribution in [1.29, 1.82) is 0 Å². The van der Waals surface area contributed by atoms with Crippen molar-refractivity contribution in [3.8, 4) is 0 Å². The number of hydrogen-bond donors (Lipinski definition) is 2. The fraction of sp³-hybridized carbons (Fsp3) is 0.929. The van der Waals surface area contributed by atoms with E-state index < -0.39 is 0 Å². The Morgan fingerprint density at radius 3 is 2.71 bits per heavy atom. The molecule has 1 amide bonds. The highest BCUT2D eigenvalue weighted by molar-refractivity contribution is 5.86. The van der Waals surface area contributed by atoms with E-state index in [1.165, 1.54) is 25.7 Å². The first-order chi connectivity index (χ1) is 8.12. The van der Waals surface area contributed by atoms with Crippen molar-refractivity contribution in [1.82, 2.24) is 10.6 Å². The summed E-state index contributed by atoms with van der Waals surface area (Å²) in [6.07, 6.45) is 8.41. The number of nitrogens with one attached hydrogen (secondary N) is 2. The Balaban J connectivity index is 1.92. The van der Waals surface area contributed by atoms with Crippen LogP contribution in [0, 0.1) is 5.92 Å². The van der Waals surface area contributed by atoms with E-state index in [2.05, 4.69) is 17.6 Å². The van der Waals surface area contributed by atoms with Crippen LogP contribution in [-0.4, -0.2) is 24.0 Å². The molecule has 2 N–H and O–H groups in total. The van der Waals surface area contributed by atoms with Crippen LogP contribution in [0.4, 0.5) is 0 Å². The lowest BCUT2D eigenvalue weighted by atomic mass is 9.94. The maximum absolute atomic E-state index is 12.3. The highest BCUT2D eigenvalue weighted by Gasteiger charge is 2.37. The van der Waals surface area contributed by atoms with Gasteiger partial charge in [-0.2, -0.15) is 0 Å². The summed E-state index contributed by atoms with van der Waals surface area (Å²) in [6, 6.07) is 0.393. The fourth-order valence-electron chi connectivity index (χ4n) is 3.12. The Kier molecular flexibility index (Phi) is 4.08. The second-order valence-electron chi connectivity index (χ2n) is 6.06. The third kappa shape index (κ3) is 3.01. The molecule has 3 unspecified atom stereocenters. The molecule has 98 valence electrons. The van der Waals surface area contributed by atoms with Gasteiger partial charge in [0.25, 0.3) is 0 Å². The molecular weight excluding hydrogens is 212 g/mol. The van der Waals surface area contributed by atoms with Gasteiger partial charge in [-0.25, -0.2) is 0 Å². The van der Waals surface area contributed by atoms with Crippen molar-refractivity contribution >= 4 is 5.91 Å². The molecule has 0 bridgehead atoms. The van der Waals surface area contributed by atoms with Gasteiger partial charge in [-0.15, -0.1) is 0 Å². The second kappa shape index (κ2) is 5.38. The molecular formula is C14H26N2O. The van der Waals surface area contributed by atoms with Crippen LogP contribution in [0.15, 0.2) is 0 Å². The molecule has 2 fully saturated rings. The van der Waals surface area contributed by atoms with Crippen LogP contribution in [0.5, 0.6) is 0 Å². The predicted molar refractivity (Wildman–Crippen MR) is 69.8 cm³/mol. The lowest BCUT2D eigenvalue weighted by Gasteiger charge is -2.29. The van der Waals surface area contributed by atoms with Gasteiger partial charge < -0.3 is 10.6 Å². The SMILES string of the molecule is CC1CCCCCC1NC(=O)C1(C)CCCN1. The second-order valence-corrected chi connectivity index (χ2v) is 6.06. The first kappa shape index (κ1) is 12.9. The molecule has 2 aliphatic rings. The maximum Gasteiger partial charge on any atom is 0.240 e. The van der Waals surface area contributed by atoms with E-state index in [4.69, 9.17) is 0 Å². The standard InChI is InChI=1S/C14H26N2O/c1-11-7-4-3-5-8-12(11)16-13(17)14(2)9-6-10-15-14/h11-12,15H,3-10H2,1-2H3,(H,16,17). The van der Waals surface area contributed by atoms with E-state index in [0.717, 1.165) is 25.8 Å². The predicted octanol–water partition coefficient (Wildman–Crippen LogP) is 2.21. The highest BCUT2D eigenvalue weighted by Crippen LogP contribution is 2.25. The summed E-state index contributed by atoms with van der Waals surface area (Å²) in [5.41, 5.74) is -0.313. The van der Waals surface area contributed by atoms with Crippen LogP contribution in [0.1, 0.15) is 58.8 Å². The van der Waals surface area contributed by atoms with Crippen molar-refractivity contribution in [2.24, 2.45) is 5.92 Å². The summed E-state index contributed by atoms with van der Waals surface area (Å²) in [7, 11) is 0. The van der Waals surface area contributed by atoms with Crippen LogP contribution in [0.25, 0.3) is 0 Å². The van der Waals surface area contributed by atoms with Crippen molar-refractivity contribution in [2.75, 3.05) is 6.54 Å². The molecule has 17 heavy (non-hydrogen) atoms. The molecule has 0 aromatic carbocycles. The van der Waals surface area contributed by atoms with Crippen LogP contribution >= 0.6 is 0 Å². The van der Waals surface area contributed by atoms with E-state index >= 15 is 0 Å². The summed E-state index contributed by atoms with van der Waals surface area (Å²) in [5, 5.41) is 6.63. The quantitative estimate of drug-likeness (QED) is 0.724. The van der Waals surface area contributed by atoms with E-state index in [1.54, 1.807) is 0 Å². The van der Waals surface area contributed by atoms with Crippen LogP contribution in [0.2, 0.25) is 0 Å². The smallest absolute Gasteiger partial charge is 0.240 e. The summed E-state index contributed by atoms with van der Waals surface area (Å²) in [4.78, 5) is 12.3. The minimum absolute atomic E-state index is 0.216. The van der Waals surface area contributed by atoms with E-state index in [9.17, 15) is 4.79 Å². The normalized spacial score (nSPS) is 38.7. The molecule has 0 spiro atoms. The fourth-order valence-corrected chi connectivity index (χ4v) is 3.12. The summed E-state index contributed by atoms with van der Waals surface area (Å²) < 4.78 is 0. The molecule has 1 saturated heterocycles. The summed E-state index contributed by atoms with van der Waals surface area (Å²) in [6.45, 7) is 5.29. The van der Waals surface area contributed by atoms with Gasteiger partial charge in [0.1, 0.15) is 0 Å². The first-order valence-corrected chi connectivity index (χ1v) is 7.18. The zero-order chi connectivity index (χ0) is 12.3. The van der Waals surface area contributed by atoms with Gasteiger partial charge in [0.2, 0.25) is 5.91 Å². The lowest BCUT2D eigenvalue weighted by molar-refractivity contribution is -0.127. The van der Waals surface area contributed by atoms with Gasteiger partial charge in [0, 0.05) is 6.04 Å². The Morgan fingerprint density at radius 2 is 2.00 bits per heavy atom. The molecule has 3 heteroatoms. The summed E-state index contributed by atoms with van der Waals surface area (Å²) >= 11 is 0. The molecule has 1 heterocycles. The number of carbonyl (C=O) groups excluding carboxylic acids is 1. The zero-order valence-corrected chi connectivity index (χ0v) is 11.2. The Bertz CT molecular complexity index is 271. The van der Waals surface area contributed by atoms with Gasteiger partial charge in [0.15, 0.2) is 0 Å². The van der Waals surface area contributed by atoms with Crippen LogP contribution < -0.4 is 10.6 Å². The molecule has 3 nitrogen and oxygen atoms in total. The van der Waals surface area contributed by atoms with E-state index in [1.807, 2.05) is 6.92 Å². The lowest BCUT2D eigenvalue weighted by Crippen LogP contribution is -2.54. The largest absolute Gasteiger partial charge is 0.352 e. The summed E-state index contributed by atoms with van der Waals surface area (Å²) in [5.74, 6) is 0.847. The van der Waals surface area contributed by atoms with Gasteiger partial charge in [-0.3, -0.25) is 4.79 Å². The van der Waals surface area contributed by atoms with Crippen molar-refractivity contribution in [2.45, 2.75) is 70.4 Å². The minimum atomic E-state index is -0.313. The topological polar surface area (TPSA) is 41.1 Å². The van der Waals surface area contributed by atoms with Crippen LogP contribution in [0.3, 0.4) is 0 Å². The number of carbonyl (C=O) groups is 1. The zero-order valence-electron chi connectivity index (χ0n) is 11.2. The third-order valence-corrected chi connectivity index (χ3v) is 4.55. The van der Waals surface area contributed by atoms with E-state index in [-0.39, 0.29) is 11.4 Å². The number of amides is 1. The number of rotatable bonds is 2. The molecule has 0 radical (unpaired) electrons. The Morgan fingerprint density at radius 1 is 1.24 bits per heavy atom. The maximum atomic E-state index is 12.3. The monoisotopic (exact) mass is 238 g/mol. The average molecular weight is 238 g/mol. The first-order valence-electron chi connectivity index (χ1n) is 7.18. The molecule has 3 atom stereocenters. The van der Waals surface area contributed by atoms with Gasteiger partial charge >= 0.3 is 0 Å². The van der Waals surface area contributed by atoms with Crippen molar-refractivity contribution in [3.63, 3.8) is 0 Å². The van der Waals surface area contributed by atoms with Crippen molar-refractivity contribution in [3.05, 3.63) is 0 Å². The van der Waals surface area contributed by atoms with E-state index in [0.29, 0.717) is 12.0 Å². The van der Waals surface area contributed by atoms with Crippen molar-refractivity contribution < 1.29 is 4.79 Å².